The van der Waals surface area contributed by atoms with Crippen molar-refractivity contribution in [2.24, 2.45) is 0 Å². The van der Waals surface area contributed by atoms with Gasteiger partial charge in [-0.15, -0.1) is 0 Å². The van der Waals surface area contributed by atoms with E-state index >= 15 is 0 Å². The minimum Gasteiger partial charge on any atom is -0.479 e. The zero-order valence-electron chi connectivity index (χ0n) is 10.6. The van der Waals surface area contributed by atoms with E-state index in [2.05, 4.69) is 12.2 Å². The van der Waals surface area contributed by atoms with Gasteiger partial charge in [-0.2, -0.15) is 0 Å². The fourth-order valence-corrected chi connectivity index (χ4v) is 1.40. The lowest BCUT2D eigenvalue weighted by Gasteiger charge is -2.12. The van der Waals surface area contributed by atoms with Gasteiger partial charge < -0.3 is 15.2 Å². The second-order valence-electron chi connectivity index (χ2n) is 4.04. The highest BCUT2D eigenvalue weighted by Crippen LogP contribution is 2.19. The fourth-order valence-electron chi connectivity index (χ4n) is 1.40. The summed E-state index contributed by atoms with van der Waals surface area (Å²) < 4.78 is 18.6. The van der Waals surface area contributed by atoms with E-state index < -0.39 is 17.9 Å². The normalized spacial score (nSPS) is 12.2. The van der Waals surface area contributed by atoms with E-state index in [0.717, 1.165) is 18.5 Å². The molecule has 4 nitrogen and oxygen atoms in total. The molecule has 1 unspecified atom stereocenters. The lowest BCUT2D eigenvalue weighted by atomic mass is 10.2. The zero-order chi connectivity index (χ0) is 13.5. The number of ether oxygens (including phenoxy) is 1. The van der Waals surface area contributed by atoms with E-state index in [1.807, 2.05) is 0 Å². The van der Waals surface area contributed by atoms with E-state index in [9.17, 15) is 9.18 Å². The molecule has 5 heteroatoms. The van der Waals surface area contributed by atoms with Gasteiger partial charge in [0.2, 0.25) is 0 Å². The standard InChI is InChI=1S/C13H18FNO3/c1-3-6-15-8-10-4-5-12(11(14)7-10)18-9(2)13(16)17/h4-5,7,9,15H,3,6,8H2,1-2H3,(H,16,17). The van der Waals surface area contributed by atoms with Crippen LogP contribution in [0.5, 0.6) is 5.75 Å². The molecule has 0 heterocycles. The van der Waals surface area contributed by atoms with Gasteiger partial charge in [-0.25, -0.2) is 9.18 Å². The Morgan fingerprint density at radius 3 is 2.83 bits per heavy atom. The van der Waals surface area contributed by atoms with Crippen LogP contribution in [0.15, 0.2) is 18.2 Å². The van der Waals surface area contributed by atoms with Gasteiger partial charge in [0.15, 0.2) is 17.7 Å². The Hall–Kier alpha value is -1.62. The molecule has 18 heavy (non-hydrogen) atoms. The van der Waals surface area contributed by atoms with Crippen LogP contribution in [0.3, 0.4) is 0 Å². The molecule has 0 fully saturated rings. The summed E-state index contributed by atoms with van der Waals surface area (Å²) in [5.41, 5.74) is 0.802. The van der Waals surface area contributed by atoms with Crippen molar-refractivity contribution < 1.29 is 19.0 Å². The molecule has 0 spiro atoms. The summed E-state index contributed by atoms with van der Waals surface area (Å²) in [6.45, 7) is 4.87. The van der Waals surface area contributed by atoms with Crippen molar-refractivity contribution in [3.05, 3.63) is 29.6 Å². The van der Waals surface area contributed by atoms with Crippen LogP contribution in [0.4, 0.5) is 4.39 Å². The van der Waals surface area contributed by atoms with Crippen molar-refractivity contribution in [1.82, 2.24) is 5.32 Å². The molecule has 0 aliphatic carbocycles. The Balaban J connectivity index is 2.64. The minimum atomic E-state index is -1.12. The smallest absolute Gasteiger partial charge is 0.344 e. The second-order valence-corrected chi connectivity index (χ2v) is 4.04. The van der Waals surface area contributed by atoms with Crippen LogP contribution in [0, 0.1) is 5.82 Å². The Bertz CT molecular complexity index is 409. The van der Waals surface area contributed by atoms with Gasteiger partial charge in [0.05, 0.1) is 0 Å². The van der Waals surface area contributed by atoms with E-state index in [0.29, 0.717) is 6.54 Å². The molecule has 100 valence electrons. The summed E-state index contributed by atoms with van der Waals surface area (Å²) in [6.07, 6.45) is -0.0524. The van der Waals surface area contributed by atoms with Gasteiger partial charge in [0.1, 0.15) is 0 Å². The van der Waals surface area contributed by atoms with Crippen LogP contribution in [-0.2, 0) is 11.3 Å². The predicted octanol–water partition coefficient (Wildman–Crippen LogP) is 2.18. The molecule has 0 aromatic heterocycles. The Morgan fingerprint density at radius 2 is 2.28 bits per heavy atom. The number of hydrogen-bond donors (Lipinski definition) is 2. The van der Waals surface area contributed by atoms with Gasteiger partial charge in [-0.1, -0.05) is 13.0 Å². The summed E-state index contributed by atoms with van der Waals surface area (Å²) in [4.78, 5) is 10.6. The molecule has 0 amide bonds. The first-order chi connectivity index (χ1) is 8.54. The van der Waals surface area contributed by atoms with Crippen molar-refractivity contribution in [3.8, 4) is 5.75 Å². The average molecular weight is 255 g/mol. The first-order valence-corrected chi connectivity index (χ1v) is 5.93. The maximum absolute atomic E-state index is 13.6. The average Bonchev–Trinajstić information content (AvgIpc) is 2.32. The lowest BCUT2D eigenvalue weighted by Crippen LogP contribution is -2.23. The molecule has 0 aliphatic heterocycles. The molecular formula is C13H18FNO3. The lowest BCUT2D eigenvalue weighted by molar-refractivity contribution is -0.144. The maximum atomic E-state index is 13.6. The molecule has 1 rings (SSSR count). The number of carbonyl (C=O) groups is 1. The summed E-state index contributed by atoms with van der Waals surface area (Å²) in [6, 6.07) is 4.53. The minimum absolute atomic E-state index is 0.0378. The highest BCUT2D eigenvalue weighted by atomic mass is 19.1. The van der Waals surface area contributed by atoms with Crippen LogP contribution in [0.2, 0.25) is 0 Å². The largest absolute Gasteiger partial charge is 0.479 e. The monoisotopic (exact) mass is 255 g/mol. The van der Waals surface area contributed by atoms with E-state index in [1.54, 1.807) is 6.07 Å². The number of nitrogens with one attached hydrogen (secondary N) is 1. The number of benzene rings is 1. The highest BCUT2D eigenvalue weighted by Gasteiger charge is 2.15. The molecular weight excluding hydrogens is 237 g/mol. The molecule has 0 aliphatic rings. The highest BCUT2D eigenvalue weighted by molar-refractivity contribution is 5.72. The van der Waals surface area contributed by atoms with Crippen molar-refractivity contribution in [1.29, 1.82) is 0 Å². The van der Waals surface area contributed by atoms with Crippen LogP contribution in [-0.4, -0.2) is 23.7 Å². The fraction of sp³-hybridized carbons (Fsp3) is 0.462. The number of halogens is 1. The Labute approximate surface area is 106 Å². The first-order valence-electron chi connectivity index (χ1n) is 5.93. The number of hydrogen-bond acceptors (Lipinski definition) is 3. The van der Waals surface area contributed by atoms with Crippen molar-refractivity contribution in [2.75, 3.05) is 6.54 Å². The van der Waals surface area contributed by atoms with Crippen molar-refractivity contribution >= 4 is 5.97 Å². The summed E-state index contributed by atoms with van der Waals surface area (Å²) in [5, 5.41) is 11.8. The van der Waals surface area contributed by atoms with Crippen molar-refractivity contribution in [2.45, 2.75) is 32.9 Å². The number of carboxylic acids is 1. The third kappa shape index (κ3) is 4.33. The van der Waals surface area contributed by atoms with Gasteiger partial charge in [-0.3, -0.25) is 0 Å². The third-order valence-electron chi connectivity index (χ3n) is 2.40. The molecule has 1 aromatic rings. The molecule has 0 bridgehead atoms. The third-order valence-corrected chi connectivity index (χ3v) is 2.40. The van der Waals surface area contributed by atoms with E-state index in [-0.39, 0.29) is 5.75 Å². The number of rotatable bonds is 7. The Morgan fingerprint density at radius 1 is 1.56 bits per heavy atom. The molecule has 0 radical (unpaired) electrons. The first kappa shape index (κ1) is 14.4. The van der Waals surface area contributed by atoms with Gasteiger partial charge in [-0.05, 0) is 37.6 Å². The zero-order valence-corrected chi connectivity index (χ0v) is 10.6. The molecule has 2 N–H and O–H groups in total. The summed E-state index contributed by atoms with van der Waals surface area (Å²) in [5.74, 6) is -1.70. The number of carboxylic acid groups (broad SMARTS) is 1. The molecule has 1 atom stereocenters. The van der Waals surface area contributed by atoms with Crippen molar-refractivity contribution in [3.63, 3.8) is 0 Å². The topological polar surface area (TPSA) is 58.6 Å². The van der Waals surface area contributed by atoms with E-state index in [1.165, 1.54) is 19.1 Å². The SMILES string of the molecule is CCCNCc1ccc(OC(C)C(=O)O)c(F)c1. The van der Waals surface area contributed by atoms with Crippen LogP contribution in [0.1, 0.15) is 25.8 Å². The van der Waals surface area contributed by atoms with Crippen LogP contribution >= 0.6 is 0 Å². The van der Waals surface area contributed by atoms with Gasteiger partial charge >= 0.3 is 5.97 Å². The van der Waals surface area contributed by atoms with Gasteiger partial charge in [0.25, 0.3) is 0 Å². The summed E-state index contributed by atoms with van der Waals surface area (Å²) >= 11 is 0. The summed E-state index contributed by atoms with van der Waals surface area (Å²) in [7, 11) is 0. The predicted molar refractivity (Wildman–Crippen MR) is 66.1 cm³/mol. The molecule has 0 saturated heterocycles. The quantitative estimate of drug-likeness (QED) is 0.733. The number of aliphatic carboxylic acids is 1. The maximum Gasteiger partial charge on any atom is 0.344 e. The van der Waals surface area contributed by atoms with E-state index in [4.69, 9.17) is 9.84 Å². The Kier molecular flexibility index (Phi) is 5.58. The van der Waals surface area contributed by atoms with Crippen LogP contribution < -0.4 is 10.1 Å². The van der Waals surface area contributed by atoms with Gasteiger partial charge in [0, 0.05) is 6.54 Å². The second kappa shape index (κ2) is 6.96. The molecule has 1 aromatic carbocycles. The van der Waals surface area contributed by atoms with Crippen LogP contribution in [0.25, 0.3) is 0 Å². The molecule has 0 saturated carbocycles.